The molecule has 0 aliphatic carbocycles. The van der Waals surface area contributed by atoms with Crippen molar-refractivity contribution >= 4 is 34.9 Å². The molecule has 0 fully saturated rings. The second-order valence-corrected chi connectivity index (χ2v) is 5.47. The molecule has 6 heteroatoms. The maximum atomic E-state index is 11.9. The molecule has 2 aromatic rings. The Kier molecular flexibility index (Phi) is 6.63. The third-order valence-electron chi connectivity index (χ3n) is 3.19. The van der Waals surface area contributed by atoms with Gasteiger partial charge < -0.3 is 15.4 Å². The van der Waals surface area contributed by atoms with Crippen LogP contribution in [0.5, 0.6) is 0 Å². The molecule has 2 rings (SSSR count). The van der Waals surface area contributed by atoms with E-state index in [0.717, 1.165) is 5.69 Å². The van der Waals surface area contributed by atoms with E-state index in [1.54, 1.807) is 55.5 Å². The van der Waals surface area contributed by atoms with Gasteiger partial charge in [-0.3, -0.25) is 4.79 Å². The lowest BCUT2D eigenvalue weighted by Gasteiger charge is -2.08. The summed E-state index contributed by atoms with van der Waals surface area (Å²) in [6.07, 6.45) is 0.312. The SMILES string of the molecule is CCOC(=O)c1ccc(NCCC(=O)Nc2cccc(Cl)c2)cc1. The van der Waals surface area contributed by atoms with Gasteiger partial charge in [-0.2, -0.15) is 0 Å². The van der Waals surface area contributed by atoms with Crippen molar-refractivity contribution in [2.45, 2.75) is 13.3 Å². The van der Waals surface area contributed by atoms with Crippen LogP contribution >= 0.6 is 11.6 Å². The quantitative estimate of drug-likeness (QED) is 0.745. The van der Waals surface area contributed by atoms with Gasteiger partial charge in [0.15, 0.2) is 0 Å². The van der Waals surface area contributed by atoms with Crippen molar-refractivity contribution in [3.63, 3.8) is 0 Å². The first-order valence-corrected chi connectivity index (χ1v) is 8.02. The van der Waals surface area contributed by atoms with Gasteiger partial charge in [0.25, 0.3) is 0 Å². The summed E-state index contributed by atoms with van der Waals surface area (Å²) in [4.78, 5) is 23.4. The summed E-state index contributed by atoms with van der Waals surface area (Å²) in [6, 6.07) is 13.9. The Morgan fingerprint density at radius 1 is 1.08 bits per heavy atom. The number of benzene rings is 2. The molecule has 2 N–H and O–H groups in total. The molecule has 24 heavy (non-hydrogen) atoms. The number of ether oxygens (including phenoxy) is 1. The molecule has 0 aromatic heterocycles. The summed E-state index contributed by atoms with van der Waals surface area (Å²) >= 11 is 5.87. The Morgan fingerprint density at radius 2 is 1.83 bits per heavy atom. The van der Waals surface area contributed by atoms with Crippen LogP contribution in [0.25, 0.3) is 0 Å². The number of hydrogen-bond donors (Lipinski definition) is 2. The van der Waals surface area contributed by atoms with Gasteiger partial charge in [0, 0.05) is 29.4 Å². The van der Waals surface area contributed by atoms with Crippen LogP contribution in [0.4, 0.5) is 11.4 Å². The van der Waals surface area contributed by atoms with E-state index in [1.807, 2.05) is 0 Å². The molecule has 0 heterocycles. The van der Waals surface area contributed by atoms with E-state index in [0.29, 0.717) is 35.8 Å². The normalized spacial score (nSPS) is 10.1. The van der Waals surface area contributed by atoms with Gasteiger partial charge in [-0.15, -0.1) is 0 Å². The predicted octanol–water partition coefficient (Wildman–Crippen LogP) is 3.96. The average molecular weight is 347 g/mol. The summed E-state index contributed by atoms with van der Waals surface area (Å²) < 4.78 is 4.92. The Labute approximate surface area is 146 Å². The van der Waals surface area contributed by atoms with E-state index in [2.05, 4.69) is 10.6 Å². The smallest absolute Gasteiger partial charge is 0.338 e. The molecule has 0 atom stereocenters. The molecule has 0 unspecified atom stereocenters. The molecule has 5 nitrogen and oxygen atoms in total. The summed E-state index contributed by atoms with van der Waals surface area (Å²) in [5, 5.41) is 6.49. The number of amides is 1. The van der Waals surface area contributed by atoms with Crippen molar-refractivity contribution in [2.75, 3.05) is 23.8 Å². The van der Waals surface area contributed by atoms with Crippen LogP contribution in [0, 0.1) is 0 Å². The van der Waals surface area contributed by atoms with Crippen LogP contribution in [0.3, 0.4) is 0 Å². The molecule has 2 aromatic carbocycles. The first-order chi connectivity index (χ1) is 11.6. The highest BCUT2D eigenvalue weighted by Crippen LogP contribution is 2.15. The molecule has 0 saturated heterocycles. The third kappa shape index (κ3) is 5.59. The number of carbonyl (C=O) groups excluding carboxylic acids is 2. The van der Waals surface area contributed by atoms with Crippen LogP contribution in [-0.4, -0.2) is 25.0 Å². The number of hydrogen-bond acceptors (Lipinski definition) is 4. The zero-order valence-corrected chi connectivity index (χ0v) is 14.1. The minimum atomic E-state index is -0.343. The second-order valence-electron chi connectivity index (χ2n) is 5.03. The summed E-state index contributed by atoms with van der Waals surface area (Å²) in [6.45, 7) is 2.59. The maximum Gasteiger partial charge on any atom is 0.338 e. The van der Waals surface area contributed by atoms with Gasteiger partial charge in [0.2, 0.25) is 5.91 Å². The van der Waals surface area contributed by atoms with Crippen LogP contribution in [0.1, 0.15) is 23.7 Å². The Hall–Kier alpha value is -2.53. The highest BCUT2D eigenvalue weighted by atomic mass is 35.5. The summed E-state index contributed by atoms with van der Waals surface area (Å²) in [7, 11) is 0. The number of esters is 1. The predicted molar refractivity (Wildman–Crippen MR) is 95.6 cm³/mol. The Bertz CT molecular complexity index is 702. The van der Waals surface area contributed by atoms with Gasteiger partial charge in [0.1, 0.15) is 0 Å². The fraction of sp³-hybridized carbons (Fsp3) is 0.222. The maximum absolute atomic E-state index is 11.9. The van der Waals surface area contributed by atoms with Crippen LogP contribution in [0.15, 0.2) is 48.5 Å². The third-order valence-corrected chi connectivity index (χ3v) is 3.42. The van der Waals surface area contributed by atoms with Crippen molar-refractivity contribution in [2.24, 2.45) is 0 Å². The van der Waals surface area contributed by atoms with E-state index in [4.69, 9.17) is 16.3 Å². The van der Waals surface area contributed by atoms with Crippen molar-refractivity contribution in [3.05, 3.63) is 59.1 Å². The molecule has 0 aliphatic heterocycles. The first-order valence-electron chi connectivity index (χ1n) is 7.65. The first kappa shape index (κ1) is 17.8. The van der Waals surface area contributed by atoms with E-state index < -0.39 is 0 Å². The number of nitrogens with one attached hydrogen (secondary N) is 2. The van der Waals surface area contributed by atoms with Crippen LogP contribution < -0.4 is 10.6 Å². The van der Waals surface area contributed by atoms with E-state index in [-0.39, 0.29) is 11.9 Å². The lowest BCUT2D eigenvalue weighted by atomic mass is 10.2. The molecule has 1 amide bonds. The number of halogens is 1. The highest BCUT2D eigenvalue weighted by molar-refractivity contribution is 6.30. The molecule has 0 bridgehead atoms. The second kappa shape index (κ2) is 8.93. The van der Waals surface area contributed by atoms with Gasteiger partial charge in [-0.1, -0.05) is 17.7 Å². The minimum Gasteiger partial charge on any atom is -0.462 e. The molecule has 0 radical (unpaired) electrons. The number of anilines is 2. The topological polar surface area (TPSA) is 67.4 Å². The lowest BCUT2D eigenvalue weighted by molar-refractivity contribution is -0.115. The number of rotatable bonds is 7. The van der Waals surface area contributed by atoms with Gasteiger partial charge in [0.05, 0.1) is 12.2 Å². The fourth-order valence-corrected chi connectivity index (χ4v) is 2.24. The van der Waals surface area contributed by atoms with Gasteiger partial charge >= 0.3 is 5.97 Å². The standard InChI is InChI=1S/C18H19ClN2O3/c1-2-24-18(23)13-6-8-15(9-7-13)20-11-10-17(22)21-16-5-3-4-14(19)12-16/h3-9,12,20H,2,10-11H2,1H3,(H,21,22). The average Bonchev–Trinajstić information content (AvgIpc) is 2.55. The highest BCUT2D eigenvalue weighted by Gasteiger charge is 2.06. The van der Waals surface area contributed by atoms with Crippen molar-refractivity contribution in [1.29, 1.82) is 0 Å². The Morgan fingerprint density at radius 3 is 2.50 bits per heavy atom. The number of carbonyl (C=O) groups is 2. The molecule has 0 aliphatic rings. The summed E-state index contributed by atoms with van der Waals surface area (Å²) in [5.41, 5.74) is 2.01. The van der Waals surface area contributed by atoms with Crippen molar-refractivity contribution in [3.8, 4) is 0 Å². The zero-order valence-electron chi connectivity index (χ0n) is 13.3. The Balaban J connectivity index is 1.77. The van der Waals surface area contributed by atoms with E-state index in [1.165, 1.54) is 0 Å². The monoisotopic (exact) mass is 346 g/mol. The van der Waals surface area contributed by atoms with E-state index in [9.17, 15) is 9.59 Å². The van der Waals surface area contributed by atoms with Crippen molar-refractivity contribution < 1.29 is 14.3 Å². The lowest BCUT2D eigenvalue weighted by Crippen LogP contribution is -2.16. The van der Waals surface area contributed by atoms with Crippen molar-refractivity contribution in [1.82, 2.24) is 0 Å². The van der Waals surface area contributed by atoms with E-state index >= 15 is 0 Å². The molecule has 0 saturated carbocycles. The largest absolute Gasteiger partial charge is 0.462 e. The molecular formula is C18H19ClN2O3. The zero-order chi connectivity index (χ0) is 17.4. The summed E-state index contributed by atoms with van der Waals surface area (Å²) in [5.74, 6) is -0.446. The van der Waals surface area contributed by atoms with Crippen LogP contribution in [-0.2, 0) is 9.53 Å². The fourth-order valence-electron chi connectivity index (χ4n) is 2.05. The minimum absolute atomic E-state index is 0.104. The van der Waals surface area contributed by atoms with Crippen LogP contribution in [0.2, 0.25) is 5.02 Å². The molecular weight excluding hydrogens is 328 g/mol. The molecule has 0 spiro atoms. The van der Waals surface area contributed by atoms with Gasteiger partial charge in [-0.05, 0) is 49.4 Å². The molecule has 126 valence electrons. The van der Waals surface area contributed by atoms with Gasteiger partial charge in [-0.25, -0.2) is 4.79 Å².